The number of rotatable bonds is 7. The SMILES string of the molecule is COc1ccc(Cn2c(=O)nc(Nc3cccc(C(F)(F)F)c3)n(Cc3ccc(C)cc3)c2=O)cc1. The Balaban J connectivity index is 1.77. The number of hydrogen-bond acceptors (Lipinski definition) is 5. The molecule has 0 bridgehead atoms. The summed E-state index contributed by atoms with van der Waals surface area (Å²) in [5.74, 6) is 0.470. The van der Waals surface area contributed by atoms with E-state index in [2.05, 4.69) is 10.3 Å². The second kappa shape index (κ2) is 10.1. The molecule has 3 aromatic carbocycles. The Bertz CT molecular complexity index is 1480. The Labute approximate surface area is 204 Å². The summed E-state index contributed by atoms with van der Waals surface area (Å²) in [6.07, 6.45) is -4.55. The maximum Gasteiger partial charge on any atom is 0.416 e. The van der Waals surface area contributed by atoms with Gasteiger partial charge in [0.1, 0.15) is 5.75 Å². The molecule has 4 aromatic rings. The lowest BCUT2D eigenvalue weighted by atomic mass is 10.1. The van der Waals surface area contributed by atoms with Crippen LogP contribution in [0.2, 0.25) is 0 Å². The lowest BCUT2D eigenvalue weighted by molar-refractivity contribution is -0.137. The molecule has 1 heterocycles. The first-order valence-electron chi connectivity index (χ1n) is 11.0. The van der Waals surface area contributed by atoms with E-state index >= 15 is 0 Å². The molecule has 0 unspecified atom stereocenters. The maximum absolute atomic E-state index is 13.5. The molecule has 0 aliphatic carbocycles. The molecule has 0 atom stereocenters. The van der Waals surface area contributed by atoms with Crippen molar-refractivity contribution < 1.29 is 17.9 Å². The summed E-state index contributed by atoms with van der Waals surface area (Å²) < 4.78 is 46.9. The van der Waals surface area contributed by atoms with E-state index in [1.54, 1.807) is 24.3 Å². The Morgan fingerprint density at radius 1 is 0.889 bits per heavy atom. The van der Waals surface area contributed by atoms with Crippen molar-refractivity contribution in [3.05, 3.63) is 116 Å². The van der Waals surface area contributed by atoms with E-state index in [1.807, 2.05) is 31.2 Å². The summed E-state index contributed by atoms with van der Waals surface area (Å²) in [7, 11) is 1.53. The van der Waals surface area contributed by atoms with Crippen molar-refractivity contribution >= 4 is 11.6 Å². The number of aromatic nitrogens is 3. The number of benzene rings is 3. The minimum absolute atomic E-state index is 0.0353. The van der Waals surface area contributed by atoms with Crippen molar-refractivity contribution in [2.24, 2.45) is 0 Å². The van der Waals surface area contributed by atoms with Crippen LogP contribution in [0, 0.1) is 6.92 Å². The van der Waals surface area contributed by atoms with Crippen LogP contribution in [0.25, 0.3) is 0 Å². The zero-order chi connectivity index (χ0) is 25.9. The molecule has 0 saturated heterocycles. The third-order valence-electron chi connectivity index (χ3n) is 5.56. The average Bonchev–Trinajstić information content (AvgIpc) is 2.85. The third kappa shape index (κ3) is 5.65. The van der Waals surface area contributed by atoms with Crippen molar-refractivity contribution in [2.45, 2.75) is 26.2 Å². The quantitative estimate of drug-likeness (QED) is 0.405. The zero-order valence-electron chi connectivity index (χ0n) is 19.5. The van der Waals surface area contributed by atoms with Crippen LogP contribution in [0.15, 0.2) is 82.4 Å². The average molecular weight is 496 g/mol. The monoisotopic (exact) mass is 496 g/mol. The first kappa shape index (κ1) is 24.8. The lowest BCUT2D eigenvalue weighted by Crippen LogP contribution is -2.43. The van der Waals surface area contributed by atoms with Crippen molar-refractivity contribution in [2.75, 3.05) is 12.4 Å². The molecular formula is C26H23F3N4O3. The van der Waals surface area contributed by atoms with Crippen LogP contribution in [-0.2, 0) is 19.3 Å². The predicted octanol–water partition coefficient (Wildman–Crippen LogP) is 4.58. The molecule has 36 heavy (non-hydrogen) atoms. The molecule has 0 radical (unpaired) electrons. The van der Waals surface area contributed by atoms with E-state index in [9.17, 15) is 22.8 Å². The molecule has 7 nitrogen and oxygen atoms in total. The van der Waals surface area contributed by atoms with Crippen molar-refractivity contribution in [1.82, 2.24) is 14.1 Å². The van der Waals surface area contributed by atoms with Gasteiger partial charge in [0.15, 0.2) is 0 Å². The summed E-state index contributed by atoms with van der Waals surface area (Å²) in [6, 6.07) is 18.7. The molecule has 10 heteroatoms. The van der Waals surface area contributed by atoms with E-state index < -0.39 is 23.1 Å². The van der Waals surface area contributed by atoms with Crippen LogP contribution in [-0.4, -0.2) is 21.2 Å². The van der Waals surface area contributed by atoms with Gasteiger partial charge in [-0.05, 0) is 48.4 Å². The topological polar surface area (TPSA) is 78.2 Å². The second-order valence-electron chi connectivity index (χ2n) is 8.21. The standard InChI is InChI=1S/C26H23F3N4O3/c1-17-6-8-18(9-7-17)15-32-23(30-21-5-3-4-20(14-21)26(27,28)29)31-24(34)33(25(32)35)16-19-10-12-22(36-2)13-11-19/h3-14H,15-16H2,1-2H3,(H,30,31,34). The summed E-state index contributed by atoms with van der Waals surface area (Å²) in [5.41, 5.74) is 0.153. The lowest BCUT2D eigenvalue weighted by Gasteiger charge is -2.16. The number of aryl methyl sites for hydroxylation is 1. The number of anilines is 2. The Hall–Kier alpha value is -4.34. The van der Waals surface area contributed by atoms with Crippen LogP contribution in [0.3, 0.4) is 0 Å². The second-order valence-corrected chi connectivity index (χ2v) is 8.21. The van der Waals surface area contributed by atoms with Crippen LogP contribution >= 0.6 is 0 Å². The summed E-state index contributed by atoms with van der Waals surface area (Å²) >= 11 is 0. The van der Waals surface area contributed by atoms with Gasteiger partial charge in [-0.2, -0.15) is 18.2 Å². The van der Waals surface area contributed by atoms with Crippen LogP contribution in [0.5, 0.6) is 5.75 Å². The molecule has 0 aliphatic rings. The highest BCUT2D eigenvalue weighted by molar-refractivity contribution is 5.55. The van der Waals surface area contributed by atoms with Gasteiger partial charge in [-0.3, -0.25) is 4.57 Å². The molecule has 0 amide bonds. The molecule has 186 valence electrons. The normalized spacial score (nSPS) is 11.4. The number of alkyl halides is 3. The van der Waals surface area contributed by atoms with E-state index in [4.69, 9.17) is 4.74 Å². The van der Waals surface area contributed by atoms with Crippen LogP contribution in [0.4, 0.5) is 24.8 Å². The number of nitrogens with zero attached hydrogens (tertiary/aromatic N) is 3. The molecular weight excluding hydrogens is 473 g/mol. The largest absolute Gasteiger partial charge is 0.497 e. The van der Waals surface area contributed by atoms with Crippen molar-refractivity contribution in [1.29, 1.82) is 0 Å². The van der Waals surface area contributed by atoms with Gasteiger partial charge in [0.25, 0.3) is 0 Å². The van der Waals surface area contributed by atoms with Gasteiger partial charge in [-0.25, -0.2) is 14.2 Å². The molecule has 0 saturated carbocycles. The molecule has 4 rings (SSSR count). The van der Waals surface area contributed by atoms with Gasteiger partial charge in [-0.15, -0.1) is 0 Å². The highest BCUT2D eigenvalue weighted by atomic mass is 19.4. The maximum atomic E-state index is 13.5. The number of halogens is 3. The van der Waals surface area contributed by atoms with E-state index in [-0.39, 0.29) is 24.7 Å². The van der Waals surface area contributed by atoms with Gasteiger partial charge in [0.05, 0.1) is 25.8 Å². The van der Waals surface area contributed by atoms with Gasteiger partial charge in [0.2, 0.25) is 5.95 Å². The predicted molar refractivity (Wildman–Crippen MR) is 130 cm³/mol. The minimum Gasteiger partial charge on any atom is -0.497 e. The molecule has 0 spiro atoms. The highest BCUT2D eigenvalue weighted by Crippen LogP contribution is 2.31. The Morgan fingerprint density at radius 3 is 2.11 bits per heavy atom. The van der Waals surface area contributed by atoms with E-state index in [1.165, 1.54) is 23.8 Å². The fourth-order valence-electron chi connectivity index (χ4n) is 3.59. The number of methoxy groups -OCH3 is 1. The van der Waals surface area contributed by atoms with Gasteiger partial charge in [0, 0.05) is 5.69 Å². The molecule has 1 aromatic heterocycles. The van der Waals surface area contributed by atoms with Gasteiger partial charge >= 0.3 is 17.6 Å². The van der Waals surface area contributed by atoms with E-state index in [0.29, 0.717) is 11.3 Å². The number of nitrogens with one attached hydrogen (secondary N) is 1. The number of ether oxygens (including phenoxy) is 1. The Morgan fingerprint density at radius 2 is 1.50 bits per heavy atom. The van der Waals surface area contributed by atoms with E-state index in [0.717, 1.165) is 27.8 Å². The fraction of sp³-hybridized carbons (Fsp3) is 0.192. The van der Waals surface area contributed by atoms with Gasteiger partial charge in [-0.1, -0.05) is 48.0 Å². The van der Waals surface area contributed by atoms with Crippen molar-refractivity contribution in [3.8, 4) is 5.75 Å². The summed E-state index contributed by atoms with van der Waals surface area (Å²) in [5, 5.41) is 2.73. The zero-order valence-corrected chi connectivity index (χ0v) is 19.5. The third-order valence-corrected chi connectivity index (χ3v) is 5.56. The molecule has 0 aliphatic heterocycles. The van der Waals surface area contributed by atoms with Gasteiger partial charge < -0.3 is 10.1 Å². The van der Waals surface area contributed by atoms with Crippen molar-refractivity contribution in [3.63, 3.8) is 0 Å². The summed E-state index contributed by atoms with van der Waals surface area (Å²) in [6.45, 7) is 1.94. The summed E-state index contributed by atoms with van der Waals surface area (Å²) in [4.78, 5) is 30.3. The first-order chi connectivity index (χ1) is 17.1. The number of hydrogen-bond donors (Lipinski definition) is 1. The van der Waals surface area contributed by atoms with Crippen LogP contribution in [0.1, 0.15) is 22.3 Å². The minimum atomic E-state index is -4.55. The highest BCUT2D eigenvalue weighted by Gasteiger charge is 2.30. The molecule has 0 fully saturated rings. The Kier molecular flexibility index (Phi) is 6.96. The smallest absolute Gasteiger partial charge is 0.416 e. The van der Waals surface area contributed by atoms with Crippen LogP contribution < -0.4 is 21.4 Å². The fourth-order valence-corrected chi connectivity index (χ4v) is 3.59. The molecule has 1 N–H and O–H groups in total. The first-order valence-corrected chi connectivity index (χ1v) is 11.0.